The molecule has 0 aromatic heterocycles. The summed E-state index contributed by atoms with van der Waals surface area (Å²) in [6.45, 7) is 6.72. The van der Waals surface area contributed by atoms with Crippen LogP contribution < -0.4 is 4.74 Å². The quantitative estimate of drug-likeness (QED) is 0.351. The van der Waals surface area contributed by atoms with Gasteiger partial charge in [0, 0.05) is 27.5 Å². The van der Waals surface area contributed by atoms with Gasteiger partial charge in [0.1, 0.15) is 11.5 Å². The van der Waals surface area contributed by atoms with Crippen LogP contribution in [0.3, 0.4) is 0 Å². The smallest absolute Gasteiger partial charge is 0.139 e. The zero-order valence-corrected chi connectivity index (χ0v) is 15.9. The maximum Gasteiger partial charge on any atom is 0.139 e. The summed E-state index contributed by atoms with van der Waals surface area (Å²) in [6, 6.07) is 28.0. The molecule has 0 N–H and O–H groups in total. The maximum atomic E-state index is 6.65. The van der Waals surface area contributed by atoms with Crippen molar-refractivity contribution in [2.24, 2.45) is 0 Å². The highest BCUT2D eigenvalue weighted by Crippen LogP contribution is 2.53. The molecule has 1 aliphatic rings. The average molecular weight is 350 g/mol. The van der Waals surface area contributed by atoms with Gasteiger partial charge in [0.2, 0.25) is 0 Å². The molecule has 0 fully saturated rings. The second-order valence-electron chi connectivity index (χ2n) is 7.94. The molecule has 132 valence electrons. The fourth-order valence-electron chi connectivity index (χ4n) is 4.27. The van der Waals surface area contributed by atoms with Crippen LogP contribution in [0.1, 0.15) is 30.5 Å². The summed E-state index contributed by atoms with van der Waals surface area (Å²) in [5.41, 5.74) is 5.98. The van der Waals surface area contributed by atoms with Crippen LogP contribution in [0.25, 0.3) is 21.9 Å². The van der Waals surface area contributed by atoms with Crippen molar-refractivity contribution in [2.45, 2.75) is 26.2 Å². The van der Waals surface area contributed by atoms with E-state index in [0.29, 0.717) is 0 Å². The summed E-state index contributed by atoms with van der Waals surface area (Å²) < 4.78 is 6.65. The Morgan fingerprint density at radius 1 is 0.704 bits per heavy atom. The van der Waals surface area contributed by atoms with Gasteiger partial charge in [-0.1, -0.05) is 98.3 Å². The minimum Gasteiger partial charge on any atom is -0.455 e. The monoisotopic (exact) mass is 350 g/mol. The van der Waals surface area contributed by atoms with Crippen molar-refractivity contribution in [3.63, 3.8) is 0 Å². The summed E-state index contributed by atoms with van der Waals surface area (Å²) in [5.74, 6) is 1.97. The molecule has 5 rings (SSSR count). The Bertz CT molecular complexity index is 1180. The SMILES string of the molecule is Cc1cccc(-c2cccc3c2Oc2c(ccc4ccccc24)C3(C)C)c1. The normalized spacial score (nSPS) is 14.3. The molecule has 1 aliphatic heterocycles. The molecule has 0 saturated carbocycles. The molecule has 0 aliphatic carbocycles. The maximum absolute atomic E-state index is 6.65. The van der Waals surface area contributed by atoms with Gasteiger partial charge in [-0.05, 0) is 17.9 Å². The van der Waals surface area contributed by atoms with E-state index in [2.05, 4.69) is 99.6 Å². The standard InChI is InChI=1S/C26H22O/c1-17-8-6-10-19(16-17)21-12-7-13-22-25(21)27-24-20-11-5-4-9-18(20)14-15-23(24)26(22,2)3/h4-16H,1-3H3. The van der Waals surface area contributed by atoms with Crippen molar-refractivity contribution in [2.75, 3.05) is 0 Å². The van der Waals surface area contributed by atoms with E-state index in [-0.39, 0.29) is 5.41 Å². The third kappa shape index (κ3) is 2.39. The lowest BCUT2D eigenvalue weighted by molar-refractivity contribution is 0.424. The molecule has 1 heteroatoms. The van der Waals surface area contributed by atoms with Crippen LogP contribution in [0.5, 0.6) is 11.5 Å². The average Bonchev–Trinajstić information content (AvgIpc) is 2.67. The molecule has 0 atom stereocenters. The Morgan fingerprint density at radius 3 is 2.33 bits per heavy atom. The highest BCUT2D eigenvalue weighted by Gasteiger charge is 2.36. The summed E-state index contributed by atoms with van der Waals surface area (Å²) in [4.78, 5) is 0. The van der Waals surface area contributed by atoms with Gasteiger partial charge in [0.15, 0.2) is 0 Å². The molecule has 0 spiro atoms. The predicted molar refractivity (Wildman–Crippen MR) is 113 cm³/mol. The van der Waals surface area contributed by atoms with E-state index < -0.39 is 0 Å². The summed E-state index contributed by atoms with van der Waals surface area (Å²) in [6.07, 6.45) is 0. The molecule has 1 heterocycles. The number of hydrogen-bond donors (Lipinski definition) is 0. The fourth-order valence-corrected chi connectivity index (χ4v) is 4.27. The first kappa shape index (κ1) is 16.1. The molecular weight excluding hydrogens is 328 g/mol. The third-order valence-electron chi connectivity index (χ3n) is 5.77. The molecule has 1 nitrogen and oxygen atoms in total. The molecule has 4 aromatic carbocycles. The number of ether oxygens (including phenoxy) is 1. The second-order valence-corrected chi connectivity index (χ2v) is 7.94. The third-order valence-corrected chi connectivity index (χ3v) is 5.77. The van der Waals surface area contributed by atoms with Gasteiger partial charge in [-0.15, -0.1) is 0 Å². The van der Waals surface area contributed by atoms with Crippen LogP contribution in [0.4, 0.5) is 0 Å². The second kappa shape index (κ2) is 5.72. The van der Waals surface area contributed by atoms with Gasteiger partial charge in [-0.25, -0.2) is 0 Å². The summed E-state index contributed by atoms with van der Waals surface area (Å²) in [5, 5.41) is 2.39. The van der Waals surface area contributed by atoms with Crippen LogP contribution >= 0.6 is 0 Å². The molecule has 0 bridgehead atoms. The van der Waals surface area contributed by atoms with Crippen LogP contribution in [-0.4, -0.2) is 0 Å². The van der Waals surface area contributed by atoms with E-state index in [1.165, 1.54) is 33.0 Å². The lowest BCUT2D eigenvalue weighted by Crippen LogP contribution is -2.24. The lowest BCUT2D eigenvalue weighted by atomic mass is 9.74. The van der Waals surface area contributed by atoms with Gasteiger partial charge in [0.25, 0.3) is 0 Å². The molecule has 0 amide bonds. The van der Waals surface area contributed by atoms with Crippen LogP contribution in [0, 0.1) is 6.92 Å². The molecule has 0 radical (unpaired) electrons. The van der Waals surface area contributed by atoms with Crippen LogP contribution in [-0.2, 0) is 5.41 Å². The largest absolute Gasteiger partial charge is 0.455 e. The zero-order valence-electron chi connectivity index (χ0n) is 15.9. The van der Waals surface area contributed by atoms with E-state index in [1.54, 1.807) is 0 Å². The molecule has 0 unspecified atom stereocenters. The van der Waals surface area contributed by atoms with Gasteiger partial charge < -0.3 is 4.74 Å². The zero-order chi connectivity index (χ0) is 18.6. The first-order valence-electron chi connectivity index (χ1n) is 9.46. The highest BCUT2D eigenvalue weighted by molar-refractivity contribution is 5.92. The van der Waals surface area contributed by atoms with Crippen molar-refractivity contribution in [3.8, 4) is 22.6 Å². The van der Waals surface area contributed by atoms with Gasteiger partial charge in [-0.2, -0.15) is 0 Å². The summed E-state index contributed by atoms with van der Waals surface area (Å²) >= 11 is 0. The van der Waals surface area contributed by atoms with Crippen molar-refractivity contribution in [1.29, 1.82) is 0 Å². The number of para-hydroxylation sites is 1. The van der Waals surface area contributed by atoms with Crippen LogP contribution in [0.2, 0.25) is 0 Å². The fraction of sp³-hybridized carbons (Fsp3) is 0.154. The minimum absolute atomic E-state index is 0.118. The minimum atomic E-state index is -0.118. The van der Waals surface area contributed by atoms with Gasteiger partial charge in [-0.3, -0.25) is 0 Å². The van der Waals surface area contributed by atoms with Crippen LogP contribution in [0.15, 0.2) is 78.9 Å². The van der Waals surface area contributed by atoms with E-state index in [0.717, 1.165) is 17.1 Å². The van der Waals surface area contributed by atoms with Gasteiger partial charge in [0.05, 0.1) is 0 Å². The molecule has 27 heavy (non-hydrogen) atoms. The number of aryl methyl sites for hydroxylation is 1. The Hall–Kier alpha value is -3.06. The first-order chi connectivity index (χ1) is 13.1. The molecule has 4 aromatic rings. The number of hydrogen-bond acceptors (Lipinski definition) is 1. The Kier molecular flexibility index (Phi) is 3.42. The van der Waals surface area contributed by atoms with E-state index in [9.17, 15) is 0 Å². The molecular formula is C26H22O. The Balaban J connectivity index is 1.80. The predicted octanol–water partition coefficient (Wildman–Crippen LogP) is 7.25. The van der Waals surface area contributed by atoms with Crippen molar-refractivity contribution >= 4 is 10.8 Å². The van der Waals surface area contributed by atoms with Crippen molar-refractivity contribution in [1.82, 2.24) is 0 Å². The van der Waals surface area contributed by atoms with Crippen molar-refractivity contribution < 1.29 is 4.74 Å². The topological polar surface area (TPSA) is 9.23 Å². The number of fused-ring (bicyclic) bond motifs is 4. The Labute approximate surface area is 160 Å². The van der Waals surface area contributed by atoms with Crippen molar-refractivity contribution in [3.05, 3.63) is 95.6 Å². The molecule has 0 saturated heterocycles. The van der Waals surface area contributed by atoms with E-state index in [1.807, 2.05) is 0 Å². The van der Waals surface area contributed by atoms with E-state index >= 15 is 0 Å². The summed E-state index contributed by atoms with van der Waals surface area (Å²) in [7, 11) is 0. The Morgan fingerprint density at radius 2 is 1.48 bits per heavy atom. The highest BCUT2D eigenvalue weighted by atomic mass is 16.5. The number of rotatable bonds is 1. The van der Waals surface area contributed by atoms with Gasteiger partial charge >= 0.3 is 0 Å². The lowest BCUT2D eigenvalue weighted by Gasteiger charge is -2.36. The van der Waals surface area contributed by atoms with E-state index in [4.69, 9.17) is 4.74 Å². The number of benzene rings is 4. The first-order valence-corrected chi connectivity index (χ1v) is 9.46.